The van der Waals surface area contributed by atoms with Gasteiger partial charge in [0.05, 0.1) is 25.3 Å². The van der Waals surface area contributed by atoms with Crippen LogP contribution in [0.25, 0.3) is 0 Å². The number of carbonyl (C=O) groups is 1. The molecule has 10 heteroatoms. The summed E-state index contributed by atoms with van der Waals surface area (Å²) in [4.78, 5) is 45.0. The lowest BCUT2D eigenvalue weighted by Crippen LogP contribution is -2.51. The number of methoxy groups -OCH3 is 1. The minimum Gasteiger partial charge on any atom is -0.469 e. The molecule has 0 bridgehead atoms. The Morgan fingerprint density at radius 3 is 2.40 bits per heavy atom. The molecular formula is C25H28ClFN4O4. The second kappa shape index (κ2) is 11.3. The Bertz CT molecular complexity index is 1390. The highest BCUT2D eigenvalue weighted by atomic mass is 35.5. The van der Waals surface area contributed by atoms with Gasteiger partial charge < -0.3 is 4.74 Å². The predicted octanol–water partition coefficient (Wildman–Crippen LogP) is 3.42. The maximum Gasteiger partial charge on any atom is 0.335 e. The molecule has 0 amide bonds. The number of carbonyl (C=O) groups excluding carboxylic acids is 1. The van der Waals surface area contributed by atoms with Gasteiger partial charge in [0.25, 0.3) is 0 Å². The van der Waals surface area contributed by atoms with Crippen LogP contribution in [0.4, 0.5) is 10.1 Å². The van der Waals surface area contributed by atoms with Crippen LogP contribution in [0.1, 0.15) is 31.9 Å². The summed E-state index contributed by atoms with van der Waals surface area (Å²) in [5.41, 5.74) is 0.0760. The summed E-state index contributed by atoms with van der Waals surface area (Å²) < 4.78 is 21.5. The van der Waals surface area contributed by atoms with Crippen LogP contribution in [-0.4, -0.2) is 27.2 Å². The van der Waals surface area contributed by atoms with E-state index in [4.69, 9.17) is 16.3 Å². The summed E-state index contributed by atoms with van der Waals surface area (Å²) in [6.45, 7) is 5.43. The number of esters is 1. The van der Waals surface area contributed by atoms with Crippen molar-refractivity contribution in [2.45, 2.75) is 40.3 Å². The molecule has 186 valence electrons. The van der Waals surface area contributed by atoms with Crippen LogP contribution in [0.3, 0.4) is 0 Å². The lowest BCUT2D eigenvalue weighted by Gasteiger charge is -2.14. The topological polar surface area (TPSA) is 98.4 Å². The monoisotopic (exact) mass is 502 g/mol. The molecule has 0 fully saturated rings. The Balaban J connectivity index is 2.15. The first-order chi connectivity index (χ1) is 16.6. The van der Waals surface area contributed by atoms with Crippen molar-refractivity contribution in [1.29, 1.82) is 0 Å². The number of nitrogens with one attached hydrogen (secondary N) is 1. The molecule has 1 atom stereocenters. The number of nitrogens with zero attached hydrogens (tertiary/aromatic N) is 3. The van der Waals surface area contributed by atoms with Crippen molar-refractivity contribution in [3.05, 3.63) is 91.0 Å². The Labute approximate surface area is 206 Å². The smallest absolute Gasteiger partial charge is 0.335 e. The molecule has 35 heavy (non-hydrogen) atoms. The molecule has 1 N–H and O–H groups in total. The average Bonchev–Trinajstić information content (AvgIpc) is 2.81. The van der Waals surface area contributed by atoms with Crippen LogP contribution in [0.15, 0.2) is 57.0 Å². The summed E-state index contributed by atoms with van der Waals surface area (Å²) in [5, 5.41) is 0.534. The normalized spacial score (nSPS) is 12.7. The van der Waals surface area contributed by atoms with E-state index in [1.807, 2.05) is 13.8 Å². The Hall–Kier alpha value is -3.46. The van der Waals surface area contributed by atoms with E-state index in [1.165, 1.54) is 17.7 Å². The first-order valence-corrected chi connectivity index (χ1v) is 11.6. The van der Waals surface area contributed by atoms with Gasteiger partial charge in [0.2, 0.25) is 5.62 Å². The van der Waals surface area contributed by atoms with E-state index in [0.29, 0.717) is 17.0 Å². The summed E-state index contributed by atoms with van der Waals surface area (Å²) in [6, 6.07) is 11.4. The number of ether oxygens (including phenoxy) is 1. The SMILES string of the molecule is COC(=O)[C@@H](C)Cn1c(=O)[nH]/c(=N\c2ccc(CC(C)C)c(F)c2)n(Cc2ccc(Cl)cc2)c1=O. The summed E-state index contributed by atoms with van der Waals surface area (Å²) in [6.07, 6.45) is 0.577. The fourth-order valence-corrected chi connectivity index (χ4v) is 3.73. The van der Waals surface area contributed by atoms with Gasteiger partial charge in [0, 0.05) is 11.6 Å². The molecular weight excluding hydrogens is 475 g/mol. The molecule has 1 heterocycles. The predicted molar refractivity (Wildman–Crippen MR) is 131 cm³/mol. The summed E-state index contributed by atoms with van der Waals surface area (Å²) in [5.74, 6) is -1.41. The molecule has 0 saturated carbocycles. The van der Waals surface area contributed by atoms with Crippen molar-refractivity contribution in [3.63, 3.8) is 0 Å². The van der Waals surface area contributed by atoms with E-state index in [2.05, 4.69) is 9.98 Å². The first kappa shape index (κ1) is 26.2. The van der Waals surface area contributed by atoms with Crippen molar-refractivity contribution in [1.82, 2.24) is 14.1 Å². The van der Waals surface area contributed by atoms with E-state index < -0.39 is 29.1 Å². The van der Waals surface area contributed by atoms with Gasteiger partial charge in [0.1, 0.15) is 5.82 Å². The van der Waals surface area contributed by atoms with Crippen LogP contribution in [-0.2, 0) is 29.0 Å². The molecule has 0 radical (unpaired) electrons. The van der Waals surface area contributed by atoms with Crippen LogP contribution in [0.2, 0.25) is 5.02 Å². The fourth-order valence-electron chi connectivity index (χ4n) is 3.60. The Morgan fingerprint density at radius 1 is 1.11 bits per heavy atom. The third-order valence-corrected chi connectivity index (χ3v) is 5.65. The molecule has 8 nitrogen and oxygen atoms in total. The van der Waals surface area contributed by atoms with Crippen molar-refractivity contribution in [3.8, 4) is 0 Å². The van der Waals surface area contributed by atoms with E-state index in [1.54, 1.807) is 43.3 Å². The van der Waals surface area contributed by atoms with Crippen molar-refractivity contribution >= 4 is 23.3 Å². The van der Waals surface area contributed by atoms with Crippen LogP contribution in [0.5, 0.6) is 0 Å². The number of benzene rings is 2. The number of hydrogen-bond donors (Lipinski definition) is 1. The minimum absolute atomic E-state index is 0.0482. The quantitative estimate of drug-likeness (QED) is 0.477. The largest absolute Gasteiger partial charge is 0.469 e. The Morgan fingerprint density at radius 2 is 1.80 bits per heavy atom. The second-order valence-electron chi connectivity index (χ2n) is 8.77. The van der Waals surface area contributed by atoms with Crippen molar-refractivity contribution in [2.24, 2.45) is 16.8 Å². The average molecular weight is 503 g/mol. The number of aromatic nitrogens is 3. The minimum atomic E-state index is -0.742. The van der Waals surface area contributed by atoms with Gasteiger partial charge in [-0.3, -0.25) is 14.3 Å². The number of rotatable bonds is 8. The fraction of sp³-hybridized carbons (Fsp3) is 0.360. The van der Waals surface area contributed by atoms with Gasteiger partial charge in [-0.2, -0.15) is 0 Å². The third-order valence-electron chi connectivity index (χ3n) is 5.40. The number of halogens is 2. The van der Waals surface area contributed by atoms with Gasteiger partial charge in [-0.1, -0.05) is 50.6 Å². The van der Waals surface area contributed by atoms with Gasteiger partial charge in [-0.25, -0.2) is 23.5 Å². The van der Waals surface area contributed by atoms with Gasteiger partial charge in [-0.15, -0.1) is 0 Å². The maximum absolute atomic E-state index is 14.6. The van der Waals surface area contributed by atoms with E-state index >= 15 is 0 Å². The Kier molecular flexibility index (Phi) is 8.45. The van der Waals surface area contributed by atoms with E-state index in [9.17, 15) is 18.8 Å². The number of aromatic amines is 1. The zero-order chi connectivity index (χ0) is 25.7. The standard InChI is InChI=1S/C25H28ClFN4O4/c1-15(2)11-18-7-10-20(12-21(18)27)28-23-29-24(33)31(13-16(3)22(32)35-4)25(34)30(23)14-17-5-8-19(26)9-6-17/h5-10,12,15-16H,11,13-14H2,1-4H3,(H,28,29,33)/t16-/m0/s1. The highest BCUT2D eigenvalue weighted by molar-refractivity contribution is 6.30. The van der Waals surface area contributed by atoms with Gasteiger partial charge in [-0.05, 0) is 47.7 Å². The first-order valence-electron chi connectivity index (χ1n) is 11.2. The lowest BCUT2D eigenvalue weighted by molar-refractivity contribution is -0.145. The van der Waals surface area contributed by atoms with E-state index in [-0.39, 0.29) is 30.3 Å². The molecule has 0 saturated heterocycles. The van der Waals surface area contributed by atoms with Crippen LogP contribution in [0, 0.1) is 17.7 Å². The summed E-state index contributed by atoms with van der Waals surface area (Å²) in [7, 11) is 1.24. The molecule has 3 rings (SSSR count). The second-order valence-corrected chi connectivity index (χ2v) is 9.21. The molecule has 0 aliphatic heterocycles. The highest BCUT2D eigenvalue weighted by Gasteiger charge is 2.18. The molecule has 0 aliphatic rings. The number of H-pyrrole nitrogens is 1. The molecule has 0 spiro atoms. The molecule has 1 aromatic heterocycles. The zero-order valence-electron chi connectivity index (χ0n) is 20.0. The molecule has 0 unspecified atom stereocenters. The van der Waals surface area contributed by atoms with E-state index in [0.717, 1.165) is 10.1 Å². The third kappa shape index (κ3) is 6.57. The zero-order valence-corrected chi connectivity index (χ0v) is 20.8. The van der Waals surface area contributed by atoms with Gasteiger partial charge >= 0.3 is 17.3 Å². The molecule has 0 aliphatic carbocycles. The maximum atomic E-state index is 14.6. The lowest BCUT2D eigenvalue weighted by atomic mass is 10.0. The van der Waals surface area contributed by atoms with Crippen LogP contribution < -0.4 is 17.0 Å². The summed E-state index contributed by atoms with van der Waals surface area (Å²) >= 11 is 5.97. The number of hydrogen-bond acceptors (Lipinski definition) is 5. The highest BCUT2D eigenvalue weighted by Crippen LogP contribution is 2.19. The van der Waals surface area contributed by atoms with Crippen molar-refractivity contribution < 1.29 is 13.9 Å². The molecule has 3 aromatic rings. The van der Waals surface area contributed by atoms with Crippen molar-refractivity contribution in [2.75, 3.05) is 7.11 Å². The van der Waals surface area contributed by atoms with Gasteiger partial charge in [0.15, 0.2) is 0 Å². The molecule has 2 aromatic carbocycles. The van der Waals surface area contributed by atoms with Crippen LogP contribution >= 0.6 is 11.6 Å².